The number of aliphatic hydroxyl groups is 1. The lowest BCUT2D eigenvalue weighted by Crippen LogP contribution is -2.50. The van der Waals surface area contributed by atoms with Crippen LogP contribution in [0.15, 0.2) is 0 Å². The van der Waals surface area contributed by atoms with Crippen molar-refractivity contribution in [2.45, 2.75) is 65.5 Å². The normalized spacial score (nSPS) is 26.4. The van der Waals surface area contributed by atoms with E-state index in [0.29, 0.717) is 12.0 Å². The van der Waals surface area contributed by atoms with Gasteiger partial charge in [-0.25, -0.2) is 0 Å². The van der Waals surface area contributed by atoms with Gasteiger partial charge in [-0.1, -0.05) is 20.8 Å². The van der Waals surface area contributed by atoms with Crippen LogP contribution < -0.4 is 5.32 Å². The molecule has 1 aliphatic rings. The summed E-state index contributed by atoms with van der Waals surface area (Å²) in [7, 11) is 0. The van der Waals surface area contributed by atoms with Gasteiger partial charge >= 0.3 is 0 Å². The molecule has 0 aliphatic carbocycles. The topological polar surface area (TPSA) is 35.5 Å². The molecule has 1 saturated heterocycles. The molecule has 0 aromatic heterocycles. The molecule has 3 unspecified atom stereocenters. The molecule has 1 heterocycles. The van der Waals surface area contributed by atoms with Crippen molar-refractivity contribution in [2.24, 2.45) is 11.8 Å². The fourth-order valence-corrected chi connectivity index (χ4v) is 2.82. The maximum atomic E-state index is 10.5. The second-order valence-electron chi connectivity index (χ2n) is 6.89. The Morgan fingerprint density at radius 1 is 1.37 bits per heavy atom. The Kier molecular flexibility index (Phi) is 6.78. The summed E-state index contributed by atoms with van der Waals surface area (Å²) in [5.41, 5.74) is -0.567. The average Bonchev–Trinajstić information content (AvgIpc) is 2.35. The van der Waals surface area contributed by atoms with Gasteiger partial charge < -0.3 is 15.3 Å². The first kappa shape index (κ1) is 16.9. The number of hydrogen-bond donors (Lipinski definition) is 2. The zero-order valence-electron chi connectivity index (χ0n) is 13.6. The number of hydrogen-bond acceptors (Lipinski definition) is 3. The first-order valence-corrected chi connectivity index (χ1v) is 8.05. The third-order valence-electron chi connectivity index (χ3n) is 4.75. The van der Waals surface area contributed by atoms with Crippen LogP contribution in [-0.4, -0.2) is 47.8 Å². The molecule has 0 aromatic carbocycles. The summed E-state index contributed by atoms with van der Waals surface area (Å²) in [5, 5.41) is 14.1. The molecule has 1 fully saturated rings. The molecule has 0 saturated carbocycles. The number of nitrogens with zero attached hydrogens (tertiary/aromatic N) is 1. The first-order valence-electron chi connectivity index (χ1n) is 8.05. The molecule has 3 nitrogen and oxygen atoms in total. The Hall–Kier alpha value is -0.120. The van der Waals surface area contributed by atoms with Crippen molar-refractivity contribution in [1.29, 1.82) is 0 Å². The van der Waals surface area contributed by atoms with Crippen molar-refractivity contribution < 1.29 is 5.11 Å². The Bertz CT molecular complexity index is 253. The summed E-state index contributed by atoms with van der Waals surface area (Å²) in [6, 6.07) is 0.590. The Morgan fingerprint density at radius 2 is 2.05 bits per heavy atom. The highest BCUT2D eigenvalue weighted by molar-refractivity contribution is 4.86. The third-order valence-corrected chi connectivity index (χ3v) is 4.75. The van der Waals surface area contributed by atoms with Gasteiger partial charge in [0.1, 0.15) is 0 Å². The molecular weight excluding hydrogens is 236 g/mol. The summed E-state index contributed by atoms with van der Waals surface area (Å²) in [4.78, 5) is 2.46. The molecular formula is C16H34N2O. The molecule has 1 rings (SSSR count). The van der Waals surface area contributed by atoms with Crippen LogP contribution in [-0.2, 0) is 0 Å². The van der Waals surface area contributed by atoms with Crippen molar-refractivity contribution in [3.05, 3.63) is 0 Å². The molecule has 19 heavy (non-hydrogen) atoms. The second kappa shape index (κ2) is 7.61. The van der Waals surface area contributed by atoms with Crippen molar-refractivity contribution in [3.8, 4) is 0 Å². The van der Waals surface area contributed by atoms with Crippen LogP contribution in [0.4, 0.5) is 0 Å². The van der Waals surface area contributed by atoms with E-state index in [-0.39, 0.29) is 0 Å². The maximum absolute atomic E-state index is 10.5. The van der Waals surface area contributed by atoms with Gasteiger partial charge in [0.15, 0.2) is 0 Å². The van der Waals surface area contributed by atoms with Crippen LogP contribution in [0.25, 0.3) is 0 Å². The summed E-state index contributed by atoms with van der Waals surface area (Å²) in [6.45, 7) is 14.9. The number of β-amino-alcohol motifs (C(OH)–C–C–N with tert-alkyl or cyclic N) is 1. The molecule has 0 bridgehead atoms. The predicted octanol–water partition coefficient (Wildman–Crippen LogP) is 2.49. The van der Waals surface area contributed by atoms with Crippen LogP contribution in [0.2, 0.25) is 0 Å². The average molecular weight is 270 g/mol. The lowest BCUT2D eigenvalue weighted by atomic mass is 9.88. The predicted molar refractivity (Wildman–Crippen MR) is 82.4 cm³/mol. The zero-order chi connectivity index (χ0) is 14.5. The van der Waals surface area contributed by atoms with E-state index >= 15 is 0 Å². The minimum atomic E-state index is -0.567. The van der Waals surface area contributed by atoms with Gasteiger partial charge in [-0.3, -0.25) is 0 Å². The van der Waals surface area contributed by atoms with Gasteiger partial charge in [0.25, 0.3) is 0 Å². The van der Waals surface area contributed by atoms with Gasteiger partial charge in [-0.15, -0.1) is 0 Å². The highest BCUT2D eigenvalue weighted by atomic mass is 16.3. The molecule has 1 aliphatic heterocycles. The smallest absolute Gasteiger partial charge is 0.0768 e. The van der Waals surface area contributed by atoms with Gasteiger partial charge in [0.05, 0.1) is 5.60 Å². The summed E-state index contributed by atoms with van der Waals surface area (Å²) in [5.74, 6) is 1.03. The quantitative estimate of drug-likeness (QED) is 0.746. The van der Waals surface area contributed by atoms with Crippen LogP contribution in [0, 0.1) is 11.8 Å². The third kappa shape index (κ3) is 5.41. The molecule has 114 valence electrons. The number of likely N-dealkylation sites (tertiary alicyclic amines) is 1. The van der Waals surface area contributed by atoms with Gasteiger partial charge in [-0.2, -0.15) is 0 Å². The Labute approximate surface area is 119 Å². The highest BCUT2D eigenvalue weighted by Crippen LogP contribution is 2.24. The number of piperidine rings is 1. The maximum Gasteiger partial charge on any atom is 0.0768 e. The summed E-state index contributed by atoms with van der Waals surface area (Å²) >= 11 is 0. The van der Waals surface area contributed by atoms with Gasteiger partial charge in [0, 0.05) is 19.1 Å². The van der Waals surface area contributed by atoms with Crippen LogP contribution in [0.3, 0.4) is 0 Å². The zero-order valence-corrected chi connectivity index (χ0v) is 13.6. The van der Waals surface area contributed by atoms with Crippen LogP contribution >= 0.6 is 0 Å². The first-order chi connectivity index (χ1) is 8.86. The lowest BCUT2D eigenvalue weighted by Gasteiger charge is -2.40. The standard InChI is InChI=1S/C16H34N2O/c1-6-9-17-14(4)15-8-7-10-18(11-15)12-16(5,19)13(2)3/h13-15,17,19H,6-12H2,1-5H3. The van der Waals surface area contributed by atoms with E-state index in [2.05, 4.69) is 37.9 Å². The fourth-order valence-electron chi connectivity index (χ4n) is 2.82. The van der Waals surface area contributed by atoms with E-state index in [4.69, 9.17) is 0 Å². The highest BCUT2D eigenvalue weighted by Gasteiger charge is 2.31. The van der Waals surface area contributed by atoms with Gasteiger partial charge in [0.2, 0.25) is 0 Å². The minimum absolute atomic E-state index is 0.309. The van der Waals surface area contributed by atoms with Crippen molar-refractivity contribution in [2.75, 3.05) is 26.2 Å². The molecule has 0 aromatic rings. The van der Waals surface area contributed by atoms with Crippen LogP contribution in [0.5, 0.6) is 0 Å². The molecule has 3 atom stereocenters. The van der Waals surface area contributed by atoms with E-state index in [1.807, 2.05) is 6.92 Å². The van der Waals surface area contributed by atoms with E-state index in [9.17, 15) is 5.11 Å². The SMILES string of the molecule is CCCNC(C)C1CCCN(CC(C)(O)C(C)C)C1. The van der Waals surface area contributed by atoms with Gasteiger partial charge in [-0.05, 0) is 58.0 Å². The van der Waals surface area contributed by atoms with Crippen molar-refractivity contribution in [1.82, 2.24) is 10.2 Å². The van der Waals surface area contributed by atoms with E-state index in [0.717, 1.165) is 32.1 Å². The largest absolute Gasteiger partial charge is 0.389 e. The lowest BCUT2D eigenvalue weighted by molar-refractivity contribution is -0.0293. The molecule has 0 amide bonds. The monoisotopic (exact) mass is 270 g/mol. The van der Waals surface area contributed by atoms with E-state index in [1.54, 1.807) is 0 Å². The summed E-state index contributed by atoms with van der Waals surface area (Å²) in [6.07, 6.45) is 3.78. The second-order valence-corrected chi connectivity index (χ2v) is 6.89. The fraction of sp³-hybridized carbons (Fsp3) is 1.00. The molecule has 0 radical (unpaired) electrons. The van der Waals surface area contributed by atoms with E-state index < -0.39 is 5.60 Å². The molecule has 0 spiro atoms. The molecule has 3 heteroatoms. The number of nitrogens with one attached hydrogen (secondary N) is 1. The van der Waals surface area contributed by atoms with Crippen molar-refractivity contribution >= 4 is 0 Å². The Balaban J connectivity index is 2.45. The van der Waals surface area contributed by atoms with E-state index in [1.165, 1.54) is 19.3 Å². The minimum Gasteiger partial charge on any atom is -0.389 e. The number of rotatable bonds is 7. The van der Waals surface area contributed by atoms with Crippen molar-refractivity contribution in [3.63, 3.8) is 0 Å². The Morgan fingerprint density at radius 3 is 2.63 bits per heavy atom. The summed E-state index contributed by atoms with van der Waals surface area (Å²) < 4.78 is 0. The molecule has 2 N–H and O–H groups in total. The van der Waals surface area contributed by atoms with Crippen LogP contribution in [0.1, 0.15) is 53.9 Å².